The number of aromatic nitrogens is 1. The van der Waals surface area contributed by atoms with Gasteiger partial charge in [0, 0.05) is 67.5 Å². The van der Waals surface area contributed by atoms with E-state index in [1.165, 1.54) is 26.4 Å². The van der Waals surface area contributed by atoms with Crippen LogP contribution in [-0.4, -0.2) is 128 Å². The third-order valence-corrected chi connectivity index (χ3v) is 13.9. The van der Waals surface area contributed by atoms with Gasteiger partial charge in [-0.2, -0.15) is 0 Å². The molecule has 0 radical (unpaired) electrons. The molecule has 3 atom stereocenters. The van der Waals surface area contributed by atoms with Crippen LogP contribution in [0.25, 0.3) is 11.1 Å². The number of anilines is 3. The van der Waals surface area contributed by atoms with Gasteiger partial charge in [0.05, 0.1) is 75.7 Å². The monoisotopic (exact) mass is 1120 g/mol. The Balaban J connectivity index is 0.760. The van der Waals surface area contributed by atoms with Gasteiger partial charge in [0.15, 0.2) is 23.0 Å². The van der Waals surface area contributed by atoms with E-state index in [4.69, 9.17) is 33.7 Å². The fourth-order valence-electron chi connectivity index (χ4n) is 9.52. The smallest absolute Gasteiger partial charge is 0.260 e. The van der Waals surface area contributed by atoms with Gasteiger partial charge in [-0.1, -0.05) is 51.3 Å². The molecule has 4 aliphatic rings. The van der Waals surface area contributed by atoms with Crippen molar-refractivity contribution in [1.82, 2.24) is 25.4 Å². The summed E-state index contributed by atoms with van der Waals surface area (Å²) < 4.78 is 29.0. The molecular formula is C61H60N10O12. The number of hydrogen-bond acceptors (Lipinski definition) is 15. The van der Waals surface area contributed by atoms with Gasteiger partial charge in [0.1, 0.15) is 23.4 Å². The molecular weight excluding hydrogens is 1060 g/mol. The van der Waals surface area contributed by atoms with E-state index in [1.54, 1.807) is 85.8 Å². The van der Waals surface area contributed by atoms with Crippen molar-refractivity contribution >= 4 is 93.6 Å². The summed E-state index contributed by atoms with van der Waals surface area (Å²) in [6, 6.07) is 22.3. The molecule has 0 spiro atoms. The number of hydrogen-bond donors (Lipinski definition) is 5. The summed E-state index contributed by atoms with van der Waals surface area (Å²) >= 11 is 0. The number of pyridine rings is 1. The van der Waals surface area contributed by atoms with Crippen molar-refractivity contribution in [3.05, 3.63) is 150 Å². The Morgan fingerprint density at radius 2 is 1.14 bits per heavy atom. The highest BCUT2D eigenvalue weighted by molar-refractivity contribution is 6.07. The predicted octanol–water partition coefficient (Wildman–Crippen LogP) is 7.66. The third-order valence-electron chi connectivity index (χ3n) is 13.9. The topological polar surface area (TPSA) is 270 Å². The number of benzene rings is 4. The van der Waals surface area contributed by atoms with Gasteiger partial charge in [-0.15, -0.1) is 0 Å². The Morgan fingerprint density at radius 1 is 0.651 bits per heavy atom. The number of ether oxygens (including phenoxy) is 5. The van der Waals surface area contributed by atoms with E-state index in [9.17, 15) is 33.6 Å². The minimum Gasteiger partial charge on any atom is -0.497 e. The van der Waals surface area contributed by atoms with Crippen LogP contribution in [0.2, 0.25) is 0 Å². The molecule has 22 heteroatoms. The molecule has 5 N–H and O–H groups in total. The zero-order chi connectivity index (χ0) is 58.9. The number of amides is 7. The van der Waals surface area contributed by atoms with Crippen LogP contribution in [0.15, 0.2) is 133 Å². The van der Waals surface area contributed by atoms with Crippen molar-refractivity contribution in [2.75, 3.05) is 57.0 Å². The Morgan fingerprint density at radius 3 is 1.60 bits per heavy atom. The van der Waals surface area contributed by atoms with Crippen LogP contribution < -0.4 is 50.3 Å². The van der Waals surface area contributed by atoms with Crippen molar-refractivity contribution < 1.29 is 57.2 Å². The second-order valence-electron chi connectivity index (χ2n) is 19.7. The van der Waals surface area contributed by atoms with E-state index in [0.29, 0.717) is 70.4 Å². The van der Waals surface area contributed by atoms with Crippen LogP contribution in [0, 0.1) is 5.92 Å². The van der Waals surface area contributed by atoms with E-state index < -0.39 is 48.0 Å². The summed E-state index contributed by atoms with van der Waals surface area (Å²) in [4.78, 5) is 109. The van der Waals surface area contributed by atoms with Crippen LogP contribution >= 0.6 is 0 Å². The van der Waals surface area contributed by atoms with E-state index >= 15 is 0 Å². The van der Waals surface area contributed by atoms with Gasteiger partial charge in [-0.25, -0.2) is 4.98 Å². The van der Waals surface area contributed by atoms with E-state index in [1.807, 2.05) is 42.6 Å². The van der Waals surface area contributed by atoms with Crippen molar-refractivity contribution in [1.29, 1.82) is 0 Å². The third kappa shape index (κ3) is 13.1. The molecule has 5 heterocycles. The number of methoxy groups -OCH3 is 3. The molecule has 0 saturated carbocycles. The number of carbonyl (C=O) groups excluding carboxylic acids is 7. The zero-order valence-electron chi connectivity index (χ0n) is 46.1. The van der Waals surface area contributed by atoms with Gasteiger partial charge in [-0.3, -0.25) is 43.5 Å². The van der Waals surface area contributed by atoms with Crippen LogP contribution in [0.5, 0.6) is 28.7 Å². The highest BCUT2D eigenvalue weighted by Gasteiger charge is 2.36. The molecule has 22 nitrogen and oxygen atoms in total. The molecule has 83 heavy (non-hydrogen) atoms. The lowest BCUT2D eigenvalue weighted by molar-refractivity contribution is -0.126. The molecule has 5 aromatic rings. The lowest BCUT2D eigenvalue weighted by Crippen LogP contribution is -2.51. The largest absolute Gasteiger partial charge is 0.497 e. The molecule has 1 aromatic heterocycles. The molecule has 0 saturated heterocycles. The SMILES string of the molecule is C=CC(=O)Nc1cc(C(=O)NC(C(=O)NCC(=O)Nc2ccc(C3=CN4C(=O)c5cc(OC)c(OCCCOc6cc7c(cc6OC)C(=O)N6C=C(c8ccc(OC)cc8)CC6C=N7)cc5N=CC4C3)cc2)C(C)C)cc(NC(=O)C=C)n1. The van der Waals surface area contributed by atoms with Gasteiger partial charge in [0.25, 0.3) is 17.7 Å². The number of rotatable bonds is 22. The molecule has 7 amide bonds. The summed E-state index contributed by atoms with van der Waals surface area (Å²) in [5.74, 6) is -1.76. The predicted molar refractivity (Wildman–Crippen MR) is 312 cm³/mol. The molecule has 9 rings (SSSR count). The standard InChI is InChI=1S/C61H60N10O12/c1-8-54(72)67-52-23-37(24-53(66-52)68-55(73)9-2)58(75)69-57(34(3)4)59(76)64-31-56(74)65-40-15-11-35(12-16-40)38-21-41-29-62-46-27-50(48(80-6)25-44(46)60(77)70(41)32-38)82-19-10-20-83-51-28-47-45(26-49(51)81-7)61(78)71-33-39(22-42(71)30-63-47)36-13-17-43(79-5)18-14-36/h8-9,11-18,23-30,32-34,41-42,57H,1-2,10,19-22,31H2,3-7H3,(H,64,76)(H,65,74)(H,69,75)(H2,66,67,68,72,73). The van der Waals surface area contributed by atoms with E-state index in [0.717, 1.165) is 40.2 Å². The van der Waals surface area contributed by atoms with Crippen molar-refractivity contribution in [3.8, 4) is 28.7 Å². The maximum absolute atomic E-state index is 14.1. The summed E-state index contributed by atoms with van der Waals surface area (Å²) in [6.45, 7) is 10.3. The Bertz CT molecular complexity index is 3510. The number of nitrogens with zero attached hydrogens (tertiary/aromatic N) is 5. The van der Waals surface area contributed by atoms with Crippen LogP contribution in [0.4, 0.5) is 28.7 Å². The number of nitrogens with one attached hydrogen (secondary N) is 5. The summed E-state index contributed by atoms with van der Waals surface area (Å²) in [5.41, 5.74) is 5.75. The molecule has 0 bridgehead atoms. The maximum Gasteiger partial charge on any atom is 0.260 e. The Labute approximate surface area is 478 Å². The second-order valence-corrected chi connectivity index (χ2v) is 19.7. The first-order chi connectivity index (χ1) is 40.1. The van der Waals surface area contributed by atoms with Gasteiger partial charge < -0.3 is 60.1 Å². The van der Waals surface area contributed by atoms with Crippen LogP contribution in [0.1, 0.15) is 75.3 Å². The average molecular weight is 1130 g/mol. The fraction of sp³-hybridized carbons (Fsp3) is 0.246. The lowest BCUT2D eigenvalue weighted by Gasteiger charge is -2.22. The molecule has 3 unspecified atom stereocenters. The van der Waals surface area contributed by atoms with E-state index in [-0.39, 0.29) is 54.3 Å². The number of fused-ring (bicyclic) bond motifs is 4. The van der Waals surface area contributed by atoms with Crippen molar-refractivity contribution in [2.45, 2.75) is 51.2 Å². The normalized spacial score (nSPS) is 15.8. The molecule has 0 aliphatic carbocycles. The molecule has 4 aromatic carbocycles. The van der Waals surface area contributed by atoms with Gasteiger partial charge in [-0.05, 0) is 88.9 Å². The van der Waals surface area contributed by atoms with Crippen LogP contribution in [0.3, 0.4) is 0 Å². The minimum atomic E-state index is -1.08. The van der Waals surface area contributed by atoms with E-state index in [2.05, 4.69) is 44.7 Å². The number of carbonyl (C=O) groups is 7. The molecule has 0 fully saturated rings. The zero-order valence-corrected chi connectivity index (χ0v) is 46.1. The summed E-state index contributed by atoms with van der Waals surface area (Å²) in [7, 11) is 4.63. The first kappa shape index (κ1) is 57.3. The highest BCUT2D eigenvalue weighted by Crippen LogP contribution is 2.42. The summed E-state index contributed by atoms with van der Waals surface area (Å²) in [6.07, 6.45) is 10.7. The highest BCUT2D eigenvalue weighted by atomic mass is 16.5. The fourth-order valence-corrected chi connectivity index (χ4v) is 9.52. The lowest BCUT2D eigenvalue weighted by atomic mass is 10.0. The summed E-state index contributed by atoms with van der Waals surface area (Å²) in [5, 5.41) is 12.9. The average Bonchev–Trinajstić information content (AvgIpc) is 3.11. The Kier molecular flexibility index (Phi) is 17.5. The first-order valence-electron chi connectivity index (χ1n) is 26.4. The molecule has 426 valence electrons. The minimum absolute atomic E-state index is 0.0281. The Hall–Kier alpha value is -10.4. The first-order valence-corrected chi connectivity index (χ1v) is 26.4. The maximum atomic E-state index is 14.1. The van der Waals surface area contributed by atoms with Gasteiger partial charge >= 0.3 is 0 Å². The number of aliphatic imine (C=N–C) groups is 2. The van der Waals surface area contributed by atoms with Crippen molar-refractivity contribution in [3.63, 3.8) is 0 Å². The molecule has 4 aliphatic heterocycles. The van der Waals surface area contributed by atoms with Gasteiger partial charge in [0.2, 0.25) is 23.6 Å². The van der Waals surface area contributed by atoms with Crippen LogP contribution in [-0.2, 0) is 19.2 Å². The quantitative estimate of drug-likeness (QED) is 0.0330. The van der Waals surface area contributed by atoms with Crippen molar-refractivity contribution in [2.24, 2.45) is 15.9 Å². The second kappa shape index (κ2) is 25.4.